The van der Waals surface area contributed by atoms with Crippen LogP contribution in [0.3, 0.4) is 0 Å². The number of hydrogen-bond acceptors (Lipinski definition) is 5. The third-order valence-corrected chi connectivity index (χ3v) is 9.96. The molecule has 0 aromatic heterocycles. The number of carbonyl (C=O) groups excluding carboxylic acids is 1. The lowest BCUT2D eigenvalue weighted by molar-refractivity contribution is -0.200. The molecule has 2 aromatic rings. The molecule has 1 saturated heterocycles. The minimum absolute atomic E-state index is 0. The summed E-state index contributed by atoms with van der Waals surface area (Å²) in [5.41, 5.74) is 0.717. The number of likely N-dealkylation sites (tertiary alicyclic amines) is 1. The van der Waals surface area contributed by atoms with Gasteiger partial charge >= 0.3 is 0 Å². The molecule has 204 valence electrons. The minimum atomic E-state index is -1.02. The Morgan fingerprint density at radius 3 is 2.68 bits per heavy atom. The summed E-state index contributed by atoms with van der Waals surface area (Å²) in [6.45, 7) is 1.85. The van der Waals surface area contributed by atoms with Gasteiger partial charge in [0.25, 0.3) is 0 Å². The van der Waals surface area contributed by atoms with Gasteiger partial charge in [0, 0.05) is 25.2 Å². The molecule has 38 heavy (non-hydrogen) atoms. The van der Waals surface area contributed by atoms with Crippen molar-refractivity contribution in [2.75, 3.05) is 20.1 Å². The fraction of sp³-hybridized carbons (Fsp3) is 0.552. The zero-order valence-corrected chi connectivity index (χ0v) is 22.1. The molecule has 1 amide bonds. The van der Waals surface area contributed by atoms with Crippen molar-refractivity contribution < 1.29 is 28.5 Å². The molecule has 2 saturated carbocycles. The Morgan fingerprint density at radius 2 is 1.95 bits per heavy atom. The Labute approximate surface area is 227 Å². The molecular weight excluding hydrogens is 514 g/mol. The molecule has 9 heteroatoms. The molecule has 2 heterocycles. The van der Waals surface area contributed by atoms with Crippen LogP contribution in [0.4, 0.5) is 8.78 Å². The average Bonchev–Trinajstić information content (AvgIpc) is 3.61. The number of amides is 1. The van der Waals surface area contributed by atoms with Gasteiger partial charge in [-0.25, -0.2) is 8.78 Å². The summed E-state index contributed by atoms with van der Waals surface area (Å²) in [5.74, 6) is -0.912. The Kier molecular flexibility index (Phi) is 5.98. The van der Waals surface area contributed by atoms with Crippen LogP contribution in [0, 0.1) is 17.6 Å². The highest BCUT2D eigenvalue weighted by Crippen LogP contribution is 2.66. The molecule has 5 atom stereocenters. The van der Waals surface area contributed by atoms with E-state index in [2.05, 4.69) is 4.90 Å². The number of likely N-dealkylation sites (N-methyl/N-ethyl adjacent to an activating group) is 1. The van der Waals surface area contributed by atoms with E-state index in [1.807, 2.05) is 6.07 Å². The Morgan fingerprint density at radius 1 is 1.16 bits per heavy atom. The minimum Gasteiger partial charge on any atom is -0.504 e. The monoisotopic (exact) mass is 546 g/mol. The molecule has 2 aromatic carbocycles. The highest BCUT2D eigenvalue weighted by molar-refractivity contribution is 5.85. The van der Waals surface area contributed by atoms with Gasteiger partial charge in [-0.1, -0.05) is 12.1 Å². The lowest BCUT2D eigenvalue weighted by Crippen LogP contribution is -2.78. The van der Waals surface area contributed by atoms with Crippen LogP contribution >= 0.6 is 12.4 Å². The van der Waals surface area contributed by atoms with Crippen LogP contribution in [0.5, 0.6) is 11.5 Å². The maximum atomic E-state index is 13.8. The standard InChI is InChI=1S/C29H32F2N2O4.ClH/c1-32(24(35)13-17-4-6-19(30)20(31)12-17)21-8-9-29(36)23-14-18-5-7-22(34)26-25(18)28(29,27(21)37-26)10-11-33(23)15-16-2-3-16;/h4-7,12,16,21,23,27,34,36H,2-3,8-11,13-15H2,1H3;1H/t21-,23+,27-,28-,29+;/m0./s1. The Bertz CT molecular complexity index is 1310. The van der Waals surface area contributed by atoms with Crippen LogP contribution in [0.25, 0.3) is 0 Å². The first-order valence-corrected chi connectivity index (χ1v) is 13.4. The lowest BCUT2D eigenvalue weighted by Gasteiger charge is -2.64. The van der Waals surface area contributed by atoms with Crippen molar-refractivity contribution in [2.45, 2.75) is 74.1 Å². The van der Waals surface area contributed by atoms with E-state index in [0.717, 1.165) is 42.8 Å². The second-order valence-electron chi connectivity index (χ2n) is 11.8. The van der Waals surface area contributed by atoms with Crippen LogP contribution in [-0.2, 0) is 23.1 Å². The number of carbonyl (C=O) groups is 1. The Balaban J connectivity index is 0.00000264. The molecule has 7 rings (SSSR count). The SMILES string of the molecule is CN(C(=O)Cc1ccc(F)c(F)c1)[C@H]1CC[C@@]2(O)[C@H]3Cc4ccc(O)c5c4[C@@]2(CCN3CC2CC2)[C@H]1O5.Cl. The van der Waals surface area contributed by atoms with Crippen molar-refractivity contribution in [3.63, 3.8) is 0 Å². The molecule has 2 aliphatic heterocycles. The van der Waals surface area contributed by atoms with E-state index >= 15 is 0 Å². The fourth-order valence-corrected chi connectivity index (χ4v) is 7.99. The molecule has 3 fully saturated rings. The normalized spacial score (nSPS) is 32.7. The maximum Gasteiger partial charge on any atom is 0.227 e. The number of ether oxygens (including phenoxy) is 1. The van der Waals surface area contributed by atoms with E-state index in [9.17, 15) is 23.8 Å². The second-order valence-corrected chi connectivity index (χ2v) is 11.8. The summed E-state index contributed by atoms with van der Waals surface area (Å²) in [6, 6.07) is 6.82. The first-order chi connectivity index (χ1) is 17.7. The van der Waals surface area contributed by atoms with Crippen molar-refractivity contribution in [1.29, 1.82) is 0 Å². The van der Waals surface area contributed by atoms with Crippen LogP contribution in [-0.4, -0.2) is 69.8 Å². The molecule has 5 aliphatic rings. The van der Waals surface area contributed by atoms with E-state index in [-0.39, 0.29) is 42.6 Å². The Hall–Kier alpha value is -2.42. The van der Waals surface area contributed by atoms with Gasteiger partial charge in [0.05, 0.1) is 23.5 Å². The summed E-state index contributed by atoms with van der Waals surface area (Å²) >= 11 is 0. The number of aliphatic hydroxyl groups is 1. The zero-order valence-electron chi connectivity index (χ0n) is 21.3. The molecule has 6 nitrogen and oxygen atoms in total. The quantitative estimate of drug-likeness (QED) is 0.598. The predicted molar refractivity (Wildman–Crippen MR) is 139 cm³/mol. The summed E-state index contributed by atoms with van der Waals surface area (Å²) in [4.78, 5) is 17.5. The van der Waals surface area contributed by atoms with Crippen molar-refractivity contribution in [3.8, 4) is 11.5 Å². The smallest absolute Gasteiger partial charge is 0.227 e. The molecule has 3 aliphatic carbocycles. The lowest BCUT2D eigenvalue weighted by atomic mass is 9.48. The van der Waals surface area contributed by atoms with Crippen LogP contribution in [0.2, 0.25) is 0 Å². The number of hydrogen-bond donors (Lipinski definition) is 2. The van der Waals surface area contributed by atoms with Crippen molar-refractivity contribution in [2.24, 2.45) is 5.92 Å². The van der Waals surface area contributed by atoms with Crippen LogP contribution in [0.1, 0.15) is 48.8 Å². The summed E-state index contributed by atoms with van der Waals surface area (Å²) in [6.07, 6.45) is 4.44. The first-order valence-electron chi connectivity index (χ1n) is 13.4. The van der Waals surface area contributed by atoms with E-state index in [1.165, 1.54) is 18.9 Å². The molecule has 2 bridgehead atoms. The number of rotatable bonds is 5. The van der Waals surface area contributed by atoms with Gasteiger partial charge in [-0.05, 0) is 80.3 Å². The van der Waals surface area contributed by atoms with E-state index in [0.29, 0.717) is 36.5 Å². The van der Waals surface area contributed by atoms with Crippen molar-refractivity contribution in [1.82, 2.24) is 9.80 Å². The third kappa shape index (κ3) is 3.45. The molecule has 0 radical (unpaired) electrons. The molecule has 1 spiro atoms. The molecule has 2 N–H and O–H groups in total. The largest absolute Gasteiger partial charge is 0.504 e. The number of aromatic hydroxyl groups is 1. The maximum absolute atomic E-state index is 13.8. The summed E-state index contributed by atoms with van der Waals surface area (Å²) in [5, 5.41) is 23.3. The topological polar surface area (TPSA) is 73.2 Å². The molecule has 0 unspecified atom stereocenters. The van der Waals surface area contributed by atoms with E-state index < -0.39 is 28.8 Å². The number of halogens is 3. The van der Waals surface area contributed by atoms with E-state index in [1.54, 1.807) is 18.0 Å². The van der Waals surface area contributed by atoms with Gasteiger partial charge in [0.1, 0.15) is 6.10 Å². The van der Waals surface area contributed by atoms with Gasteiger partial charge < -0.3 is 19.8 Å². The predicted octanol–water partition coefficient (Wildman–Crippen LogP) is 3.73. The zero-order chi connectivity index (χ0) is 25.7. The number of nitrogens with zero attached hydrogens (tertiary/aromatic N) is 2. The highest BCUT2D eigenvalue weighted by atomic mass is 35.5. The number of phenols is 1. The van der Waals surface area contributed by atoms with Crippen LogP contribution in [0.15, 0.2) is 30.3 Å². The third-order valence-electron chi connectivity index (χ3n) is 9.96. The highest BCUT2D eigenvalue weighted by Gasteiger charge is 2.73. The van der Waals surface area contributed by atoms with Crippen LogP contribution < -0.4 is 4.74 Å². The molecular formula is C29H33ClF2N2O4. The second kappa shape index (κ2) is 8.80. The number of benzene rings is 2. The summed E-state index contributed by atoms with van der Waals surface area (Å²) < 4.78 is 33.7. The average molecular weight is 547 g/mol. The van der Waals surface area contributed by atoms with Gasteiger partial charge in [-0.2, -0.15) is 0 Å². The van der Waals surface area contributed by atoms with E-state index in [4.69, 9.17) is 4.74 Å². The number of piperidine rings is 1. The van der Waals surface area contributed by atoms with Crippen molar-refractivity contribution >= 4 is 18.3 Å². The number of phenolic OH excluding ortho intramolecular Hbond substituents is 1. The van der Waals surface area contributed by atoms with Gasteiger partial charge in [0.2, 0.25) is 5.91 Å². The van der Waals surface area contributed by atoms with Gasteiger partial charge in [-0.3, -0.25) is 9.69 Å². The first kappa shape index (κ1) is 25.8. The summed E-state index contributed by atoms with van der Waals surface area (Å²) in [7, 11) is 1.73. The van der Waals surface area contributed by atoms with Gasteiger partial charge in [-0.15, -0.1) is 12.4 Å². The fourth-order valence-electron chi connectivity index (χ4n) is 7.99. The van der Waals surface area contributed by atoms with Gasteiger partial charge in [0.15, 0.2) is 23.1 Å². The van der Waals surface area contributed by atoms with Crippen molar-refractivity contribution in [3.05, 3.63) is 58.7 Å².